The highest BCUT2D eigenvalue weighted by Crippen LogP contribution is 2.27. The largest absolute Gasteiger partial charge is 0.483 e. The molecule has 1 aromatic carbocycles. The summed E-state index contributed by atoms with van der Waals surface area (Å²) in [4.78, 5) is 11.7. The summed E-state index contributed by atoms with van der Waals surface area (Å²) in [6.45, 7) is 8.60. The number of rotatable bonds is 8. The molecule has 0 saturated heterocycles. The first-order chi connectivity index (χ1) is 9.93. The first kappa shape index (κ1) is 17.5. The van der Waals surface area contributed by atoms with E-state index in [1.807, 2.05) is 26.0 Å². The predicted octanol–water partition coefficient (Wildman–Crippen LogP) is 2.77. The van der Waals surface area contributed by atoms with E-state index in [0.717, 1.165) is 16.9 Å². The SMILES string of the molecule is CCC(O)CCNC(=O)COc1cc(C)ccc1C(C)C. The van der Waals surface area contributed by atoms with Crippen LogP contribution >= 0.6 is 0 Å². The molecule has 0 saturated carbocycles. The highest BCUT2D eigenvalue weighted by Gasteiger charge is 2.10. The van der Waals surface area contributed by atoms with Crippen molar-refractivity contribution in [1.29, 1.82) is 0 Å². The van der Waals surface area contributed by atoms with Crippen LogP contribution < -0.4 is 10.1 Å². The third-order valence-corrected chi connectivity index (χ3v) is 3.42. The van der Waals surface area contributed by atoms with E-state index in [1.54, 1.807) is 0 Å². The van der Waals surface area contributed by atoms with E-state index in [4.69, 9.17) is 4.74 Å². The van der Waals surface area contributed by atoms with Crippen molar-refractivity contribution in [3.63, 3.8) is 0 Å². The molecule has 0 aromatic heterocycles. The lowest BCUT2D eigenvalue weighted by atomic mass is 10.0. The maximum atomic E-state index is 11.7. The molecule has 21 heavy (non-hydrogen) atoms. The number of amides is 1. The summed E-state index contributed by atoms with van der Waals surface area (Å²) in [6, 6.07) is 6.06. The molecule has 0 heterocycles. The van der Waals surface area contributed by atoms with Crippen molar-refractivity contribution < 1.29 is 14.6 Å². The van der Waals surface area contributed by atoms with Crippen LogP contribution in [0.5, 0.6) is 5.75 Å². The van der Waals surface area contributed by atoms with Crippen LogP contribution in [0.25, 0.3) is 0 Å². The summed E-state index contributed by atoms with van der Waals surface area (Å²) in [6.07, 6.45) is 0.924. The first-order valence-electron chi connectivity index (χ1n) is 7.62. The van der Waals surface area contributed by atoms with Gasteiger partial charge in [-0.2, -0.15) is 0 Å². The van der Waals surface area contributed by atoms with Gasteiger partial charge in [0.1, 0.15) is 5.75 Å². The average molecular weight is 293 g/mol. The second-order valence-corrected chi connectivity index (χ2v) is 5.69. The lowest BCUT2D eigenvalue weighted by Gasteiger charge is -2.15. The van der Waals surface area contributed by atoms with Crippen molar-refractivity contribution in [3.8, 4) is 5.75 Å². The quantitative estimate of drug-likeness (QED) is 0.775. The maximum absolute atomic E-state index is 11.7. The van der Waals surface area contributed by atoms with Gasteiger partial charge in [0.15, 0.2) is 6.61 Å². The van der Waals surface area contributed by atoms with Crippen molar-refractivity contribution in [1.82, 2.24) is 5.32 Å². The van der Waals surface area contributed by atoms with E-state index >= 15 is 0 Å². The molecule has 1 unspecified atom stereocenters. The van der Waals surface area contributed by atoms with Crippen LogP contribution in [0.1, 0.15) is 50.7 Å². The summed E-state index contributed by atoms with van der Waals surface area (Å²) in [5.74, 6) is 0.964. The van der Waals surface area contributed by atoms with Crippen LogP contribution in [-0.2, 0) is 4.79 Å². The van der Waals surface area contributed by atoms with Crippen LogP contribution in [0.15, 0.2) is 18.2 Å². The molecule has 0 bridgehead atoms. The lowest BCUT2D eigenvalue weighted by Crippen LogP contribution is -2.31. The van der Waals surface area contributed by atoms with Gasteiger partial charge in [0.25, 0.3) is 5.91 Å². The third-order valence-electron chi connectivity index (χ3n) is 3.42. The van der Waals surface area contributed by atoms with Gasteiger partial charge in [-0.1, -0.05) is 32.9 Å². The van der Waals surface area contributed by atoms with E-state index < -0.39 is 0 Å². The average Bonchev–Trinajstić information content (AvgIpc) is 2.44. The van der Waals surface area contributed by atoms with E-state index in [9.17, 15) is 9.90 Å². The van der Waals surface area contributed by atoms with Crippen LogP contribution in [-0.4, -0.2) is 30.3 Å². The van der Waals surface area contributed by atoms with Crippen LogP contribution in [0.4, 0.5) is 0 Å². The van der Waals surface area contributed by atoms with E-state index in [-0.39, 0.29) is 18.6 Å². The minimum Gasteiger partial charge on any atom is -0.483 e. The summed E-state index contributed by atoms with van der Waals surface area (Å²) in [5, 5.41) is 12.2. The van der Waals surface area contributed by atoms with Crippen molar-refractivity contribution >= 4 is 5.91 Å². The fourth-order valence-corrected chi connectivity index (χ4v) is 2.02. The Morgan fingerprint density at radius 1 is 1.38 bits per heavy atom. The smallest absolute Gasteiger partial charge is 0.257 e. The van der Waals surface area contributed by atoms with Crippen molar-refractivity contribution in [2.45, 2.75) is 52.6 Å². The summed E-state index contributed by atoms with van der Waals surface area (Å²) < 4.78 is 5.65. The standard InChI is InChI=1S/C17H27NO3/c1-5-14(19)8-9-18-17(20)11-21-16-10-13(4)6-7-15(16)12(2)3/h6-7,10,12,14,19H,5,8-9,11H2,1-4H3,(H,18,20). The zero-order chi connectivity index (χ0) is 15.8. The number of carbonyl (C=O) groups excluding carboxylic acids is 1. The van der Waals surface area contributed by atoms with Crippen LogP contribution in [0.3, 0.4) is 0 Å². The number of aryl methyl sites for hydroxylation is 1. The minimum atomic E-state index is -0.351. The van der Waals surface area contributed by atoms with Gasteiger partial charge in [-0.15, -0.1) is 0 Å². The fraction of sp³-hybridized carbons (Fsp3) is 0.588. The number of aliphatic hydroxyl groups excluding tert-OH is 1. The predicted molar refractivity (Wildman–Crippen MR) is 84.7 cm³/mol. The molecule has 4 heteroatoms. The molecule has 0 aliphatic heterocycles. The lowest BCUT2D eigenvalue weighted by molar-refractivity contribution is -0.123. The third kappa shape index (κ3) is 6.17. The molecule has 0 fully saturated rings. The Hall–Kier alpha value is -1.55. The Kier molecular flexibility index (Phi) is 7.23. The Bertz CT molecular complexity index is 457. The van der Waals surface area contributed by atoms with Gasteiger partial charge in [0, 0.05) is 6.54 Å². The second kappa shape index (κ2) is 8.67. The molecule has 0 spiro atoms. The van der Waals surface area contributed by atoms with E-state index in [0.29, 0.717) is 25.3 Å². The Labute approximate surface area is 127 Å². The number of aliphatic hydroxyl groups is 1. The molecule has 4 nitrogen and oxygen atoms in total. The Morgan fingerprint density at radius 2 is 2.10 bits per heavy atom. The first-order valence-corrected chi connectivity index (χ1v) is 7.62. The normalized spacial score (nSPS) is 12.3. The fourth-order valence-electron chi connectivity index (χ4n) is 2.02. The summed E-state index contributed by atoms with van der Waals surface area (Å²) >= 11 is 0. The molecular weight excluding hydrogens is 266 g/mol. The van der Waals surface area contributed by atoms with Crippen LogP contribution in [0, 0.1) is 6.92 Å². The Morgan fingerprint density at radius 3 is 2.71 bits per heavy atom. The molecule has 2 N–H and O–H groups in total. The zero-order valence-electron chi connectivity index (χ0n) is 13.5. The number of nitrogens with one attached hydrogen (secondary N) is 1. The molecule has 1 rings (SSSR count). The maximum Gasteiger partial charge on any atom is 0.257 e. The molecular formula is C17H27NO3. The van der Waals surface area contributed by atoms with Crippen LogP contribution in [0.2, 0.25) is 0 Å². The molecule has 1 atom stereocenters. The molecule has 1 amide bonds. The number of hydrogen-bond acceptors (Lipinski definition) is 3. The molecule has 0 radical (unpaired) electrons. The second-order valence-electron chi connectivity index (χ2n) is 5.69. The monoisotopic (exact) mass is 293 g/mol. The summed E-state index contributed by atoms with van der Waals surface area (Å²) in [5.41, 5.74) is 2.22. The van der Waals surface area contributed by atoms with Gasteiger partial charge in [-0.25, -0.2) is 0 Å². The highest BCUT2D eigenvalue weighted by atomic mass is 16.5. The molecule has 0 aliphatic rings. The van der Waals surface area contributed by atoms with Gasteiger partial charge in [-0.3, -0.25) is 4.79 Å². The van der Waals surface area contributed by atoms with E-state index in [1.165, 1.54) is 0 Å². The number of ether oxygens (including phenoxy) is 1. The van der Waals surface area contributed by atoms with Gasteiger partial charge >= 0.3 is 0 Å². The number of carbonyl (C=O) groups is 1. The van der Waals surface area contributed by atoms with Gasteiger partial charge in [0.05, 0.1) is 6.10 Å². The molecule has 0 aliphatic carbocycles. The van der Waals surface area contributed by atoms with Crippen molar-refractivity contribution in [2.75, 3.05) is 13.2 Å². The Balaban J connectivity index is 2.47. The van der Waals surface area contributed by atoms with Gasteiger partial charge in [0.2, 0.25) is 0 Å². The minimum absolute atomic E-state index is 0.00535. The molecule has 1 aromatic rings. The molecule has 118 valence electrons. The van der Waals surface area contributed by atoms with E-state index in [2.05, 4.69) is 25.2 Å². The summed E-state index contributed by atoms with van der Waals surface area (Å²) in [7, 11) is 0. The number of benzene rings is 1. The zero-order valence-corrected chi connectivity index (χ0v) is 13.5. The van der Waals surface area contributed by atoms with Gasteiger partial charge < -0.3 is 15.2 Å². The van der Waals surface area contributed by atoms with Gasteiger partial charge in [-0.05, 0) is 42.9 Å². The highest BCUT2D eigenvalue weighted by molar-refractivity contribution is 5.77. The van der Waals surface area contributed by atoms with Crippen molar-refractivity contribution in [2.24, 2.45) is 0 Å². The number of hydrogen-bond donors (Lipinski definition) is 2. The van der Waals surface area contributed by atoms with Crippen molar-refractivity contribution in [3.05, 3.63) is 29.3 Å². The topological polar surface area (TPSA) is 58.6 Å².